The van der Waals surface area contributed by atoms with E-state index in [1.807, 2.05) is 23.8 Å². The number of halogens is 3. The van der Waals surface area contributed by atoms with E-state index in [4.69, 9.17) is 9.47 Å². The summed E-state index contributed by atoms with van der Waals surface area (Å²) in [5.74, 6) is -0.691. The molecule has 9 heteroatoms. The maximum atomic E-state index is 13.5. The molecule has 2 fully saturated rings. The number of ether oxygens (including phenoxy) is 2. The molecule has 4 rings (SSSR count). The first kappa shape index (κ1) is 27.4. The first-order valence-corrected chi connectivity index (χ1v) is 12.8. The van der Waals surface area contributed by atoms with E-state index in [9.17, 15) is 18.0 Å². The highest BCUT2D eigenvalue weighted by Gasteiger charge is 2.33. The molecule has 1 aromatic heterocycles. The Labute approximate surface area is 215 Å². The Morgan fingerprint density at radius 3 is 2.57 bits per heavy atom. The lowest BCUT2D eigenvalue weighted by Gasteiger charge is -2.25. The highest BCUT2D eigenvalue weighted by Crippen LogP contribution is 2.33. The number of amides is 1. The van der Waals surface area contributed by atoms with Gasteiger partial charge >= 0.3 is 6.18 Å². The molecule has 2 aliphatic rings. The second kappa shape index (κ2) is 10.6. The summed E-state index contributed by atoms with van der Waals surface area (Å²) < 4.78 is 54.1. The van der Waals surface area contributed by atoms with Crippen LogP contribution in [-0.2, 0) is 22.9 Å². The van der Waals surface area contributed by atoms with Crippen LogP contribution in [0.3, 0.4) is 0 Å². The number of hydrogen-bond acceptors (Lipinski definition) is 4. The van der Waals surface area contributed by atoms with Gasteiger partial charge in [-0.3, -0.25) is 4.79 Å². The predicted molar refractivity (Wildman–Crippen MR) is 135 cm³/mol. The quantitative estimate of drug-likeness (QED) is 0.567. The Morgan fingerprint density at radius 1 is 1.19 bits per heavy atom. The van der Waals surface area contributed by atoms with Gasteiger partial charge in [-0.25, -0.2) is 0 Å². The van der Waals surface area contributed by atoms with Gasteiger partial charge in [0.05, 0.1) is 23.8 Å². The van der Waals surface area contributed by atoms with Crippen LogP contribution in [0, 0.1) is 0 Å². The number of rotatable bonds is 6. The van der Waals surface area contributed by atoms with Gasteiger partial charge in [0, 0.05) is 18.3 Å². The molecule has 0 bridgehead atoms. The molecule has 0 spiro atoms. The van der Waals surface area contributed by atoms with Crippen LogP contribution in [0.4, 0.5) is 13.2 Å². The van der Waals surface area contributed by atoms with Crippen molar-refractivity contribution in [3.05, 3.63) is 58.7 Å². The van der Waals surface area contributed by atoms with Gasteiger partial charge in [0.2, 0.25) is 0 Å². The van der Waals surface area contributed by atoms with Gasteiger partial charge in [0.15, 0.2) is 0 Å². The minimum Gasteiger partial charge on any atom is -0.491 e. The Bertz CT molecular complexity index is 1190. The van der Waals surface area contributed by atoms with Crippen LogP contribution >= 0.6 is 0 Å². The number of carbonyl (C=O) groups excluding carboxylic acids is 1. The number of carbonyl (C=O) groups is 1. The third-order valence-corrected chi connectivity index (χ3v) is 7.05. The lowest BCUT2D eigenvalue weighted by molar-refractivity contribution is -0.137. The molecule has 1 N–H and O–H groups in total. The second-order valence-electron chi connectivity index (χ2n) is 11.3. The standard InChI is InChI=1S/C28H36F3N3O3/c1-26(2,3)20-9-11-24(34(16-20)17-21-7-5-14-36-21)33-25(35)22-15-19(28(29,30)31)8-10-23(22)37-18-27(4)12-6-13-32-27/h8-11,15-16,21,32H,5-7,12-14,17-18H2,1-4H3/b33-24+/t21-,27+/m1/s1. The minimum atomic E-state index is -4.60. The zero-order chi connectivity index (χ0) is 26.8. The SMILES string of the molecule is CC(C)(C)c1cc/c(=N\C(=O)c2cc(C(F)(F)F)ccc2OC[C@]2(C)CCCN2)n(C[C@H]2CCCO2)c1. The lowest BCUT2D eigenvalue weighted by atomic mass is 9.88. The summed E-state index contributed by atoms with van der Waals surface area (Å²) in [6.07, 6.45) is 1.09. The molecule has 1 amide bonds. The van der Waals surface area contributed by atoms with Gasteiger partial charge in [-0.15, -0.1) is 0 Å². The van der Waals surface area contributed by atoms with Crippen molar-refractivity contribution in [2.75, 3.05) is 19.8 Å². The molecule has 202 valence electrons. The molecule has 2 aliphatic heterocycles. The van der Waals surface area contributed by atoms with Crippen LogP contribution in [0.2, 0.25) is 0 Å². The van der Waals surface area contributed by atoms with E-state index in [-0.39, 0.29) is 35.0 Å². The number of benzene rings is 1. The number of pyridine rings is 1. The van der Waals surface area contributed by atoms with Gasteiger partial charge in [0.25, 0.3) is 5.91 Å². The summed E-state index contributed by atoms with van der Waals surface area (Å²) in [6, 6.07) is 6.62. The largest absolute Gasteiger partial charge is 0.491 e. The fraction of sp³-hybridized carbons (Fsp3) is 0.571. The molecule has 0 aliphatic carbocycles. The third-order valence-electron chi connectivity index (χ3n) is 7.05. The first-order chi connectivity index (χ1) is 17.3. The number of nitrogens with one attached hydrogen (secondary N) is 1. The molecule has 1 aromatic carbocycles. The van der Waals surface area contributed by atoms with Crippen LogP contribution in [0.15, 0.2) is 41.5 Å². The van der Waals surface area contributed by atoms with Crippen molar-refractivity contribution < 1.29 is 27.4 Å². The molecule has 2 atom stereocenters. The van der Waals surface area contributed by atoms with E-state index < -0.39 is 17.6 Å². The van der Waals surface area contributed by atoms with Crippen molar-refractivity contribution in [1.82, 2.24) is 9.88 Å². The minimum absolute atomic E-state index is 0.00335. The highest BCUT2D eigenvalue weighted by atomic mass is 19.4. The van der Waals surface area contributed by atoms with Gasteiger partial charge in [0.1, 0.15) is 17.8 Å². The van der Waals surface area contributed by atoms with Crippen LogP contribution < -0.4 is 15.5 Å². The second-order valence-corrected chi connectivity index (χ2v) is 11.3. The molecule has 37 heavy (non-hydrogen) atoms. The van der Waals surface area contributed by atoms with Crippen molar-refractivity contribution in [2.45, 2.75) is 83.2 Å². The third kappa shape index (κ3) is 6.82. The monoisotopic (exact) mass is 519 g/mol. The summed E-state index contributed by atoms with van der Waals surface area (Å²) >= 11 is 0. The maximum Gasteiger partial charge on any atom is 0.416 e. The lowest BCUT2D eigenvalue weighted by Crippen LogP contribution is -2.42. The van der Waals surface area contributed by atoms with Gasteiger partial charge < -0.3 is 19.4 Å². The van der Waals surface area contributed by atoms with Crippen LogP contribution in [0.1, 0.15) is 74.9 Å². The predicted octanol–water partition coefficient (Wildman–Crippen LogP) is 5.25. The highest BCUT2D eigenvalue weighted by molar-refractivity contribution is 5.97. The van der Waals surface area contributed by atoms with Gasteiger partial charge in [-0.2, -0.15) is 18.2 Å². The Kier molecular flexibility index (Phi) is 7.85. The van der Waals surface area contributed by atoms with Crippen LogP contribution in [-0.4, -0.2) is 41.9 Å². The Morgan fingerprint density at radius 2 is 1.95 bits per heavy atom. The number of hydrogen-bond donors (Lipinski definition) is 1. The van der Waals surface area contributed by atoms with Crippen molar-refractivity contribution >= 4 is 5.91 Å². The Hall–Kier alpha value is -2.65. The zero-order valence-corrected chi connectivity index (χ0v) is 22.0. The zero-order valence-electron chi connectivity index (χ0n) is 22.0. The van der Waals surface area contributed by atoms with Gasteiger partial charge in [-0.05, 0) is 74.4 Å². The van der Waals surface area contributed by atoms with Gasteiger partial charge in [-0.1, -0.05) is 26.8 Å². The van der Waals surface area contributed by atoms with E-state index >= 15 is 0 Å². The fourth-order valence-corrected chi connectivity index (χ4v) is 4.72. The van der Waals surface area contributed by atoms with Crippen molar-refractivity contribution in [3.8, 4) is 5.75 Å². The molecule has 0 saturated carbocycles. The molecular weight excluding hydrogens is 483 g/mol. The molecule has 3 heterocycles. The molecule has 0 unspecified atom stereocenters. The summed E-state index contributed by atoms with van der Waals surface area (Å²) in [5.41, 5.74) is -0.141. The summed E-state index contributed by atoms with van der Waals surface area (Å²) in [4.78, 5) is 17.7. The van der Waals surface area contributed by atoms with Crippen LogP contribution in [0.5, 0.6) is 5.75 Å². The summed E-state index contributed by atoms with van der Waals surface area (Å²) in [7, 11) is 0. The maximum absolute atomic E-state index is 13.5. The van der Waals surface area contributed by atoms with Crippen molar-refractivity contribution in [3.63, 3.8) is 0 Å². The molecule has 6 nitrogen and oxygen atoms in total. The number of nitrogens with zero attached hydrogens (tertiary/aromatic N) is 2. The van der Waals surface area contributed by atoms with Crippen LogP contribution in [0.25, 0.3) is 0 Å². The van der Waals surface area contributed by atoms with E-state index in [0.717, 1.165) is 49.9 Å². The van der Waals surface area contributed by atoms with E-state index in [1.54, 1.807) is 6.07 Å². The average Bonchev–Trinajstić information content (AvgIpc) is 3.49. The molecule has 2 aromatic rings. The number of aromatic nitrogens is 1. The number of alkyl halides is 3. The van der Waals surface area contributed by atoms with E-state index in [0.29, 0.717) is 18.6 Å². The normalized spacial score (nSPS) is 23.0. The molecule has 0 radical (unpaired) electrons. The average molecular weight is 520 g/mol. The Balaban J connectivity index is 1.72. The summed E-state index contributed by atoms with van der Waals surface area (Å²) in [5, 5.41) is 3.36. The van der Waals surface area contributed by atoms with E-state index in [2.05, 4.69) is 31.1 Å². The molecule has 2 saturated heterocycles. The topological polar surface area (TPSA) is 64.8 Å². The summed E-state index contributed by atoms with van der Waals surface area (Å²) in [6.45, 7) is 10.5. The van der Waals surface area contributed by atoms with E-state index in [1.165, 1.54) is 6.07 Å². The first-order valence-electron chi connectivity index (χ1n) is 12.8. The smallest absolute Gasteiger partial charge is 0.416 e. The van der Waals surface area contributed by atoms with Crippen molar-refractivity contribution in [2.24, 2.45) is 4.99 Å². The fourth-order valence-electron chi connectivity index (χ4n) is 4.72. The van der Waals surface area contributed by atoms with Crippen molar-refractivity contribution in [1.29, 1.82) is 0 Å². The molecular formula is C28H36F3N3O3.